The number of nitrogens with one attached hydrogen (secondary N) is 3. The molecule has 0 aliphatic heterocycles. The fraction of sp³-hybridized carbons (Fsp3) is 0.231. The minimum absolute atomic E-state index is 0.0419. The molecule has 10 nitrogen and oxygen atoms in total. The van der Waals surface area contributed by atoms with Crippen molar-refractivity contribution in [3.63, 3.8) is 0 Å². The SMILES string of the molecule is CNc1cc(F)c(F)c2c1[nH]c1ncc(-c3cnc4c(c3)c(=O)c(C(=O)O)cn4NC3CC3)c(N(C)C)c12. The van der Waals surface area contributed by atoms with E-state index in [1.807, 2.05) is 0 Å². The summed E-state index contributed by atoms with van der Waals surface area (Å²) in [7, 11) is 5.13. The van der Waals surface area contributed by atoms with Crippen LogP contribution in [0.2, 0.25) is 0 Å². The molecule has 1 aliphatic rings. The van der Waals surface area contributed by atoms with Gasteiger partial charge in [-0.1, -0.05) is 0 Å². The van der Waals surface area contributed by atoms with Gasteiger partial charge in [0.1, 0.15) is 11.2 Å². The van der Waals surface area contributed by atoms with Crippen LogP contribution in [0.1, 0.15) is 23.2 Å². The van der Waals surface area contributed by atoms with Gasteiger partial charge in [0.2, 0.25) is 5.43 Å². The number of rotatable bonds is 6. The number of aromatic carboxylic acids is 1. The predicted octanol–water partition coefficient (Wildman–Crippen LogP) is 3.88. The number of benzene rings is 1. The van der Waals surface area contributed by atoms with Gasteiger partial charge in [-0.3, -0.25) is 4.79 Å². The van der Waals surface area contributed by atoms with E-state index < -0.39 is 23.0 Å². The van der Waals surface area contributed by atoms with Crippen LogP contribution < -0.4 is 21.1 Å². The van der Waals surface area contributed by atoms with Crippen LogP contribution in [0.25, 0.3) is 44.1 Å². The molecule has 5 aromatic rings. The number of H-pyrrole nitrogens is 1. The topological polar surface area (TPSA) is 128 Å². The molecule has 0 bridgehead atoms. The second kappa shape index (κ2) is 8.40. The van der Waals surface area contributed by atoms with Gasteiger partial charge in [-0.15, -0.1) is 0 Å². The summed E-state index contributed by atoms with van der Waals surface area (Å²) in [6.07, 6.45) is 6.23. The lowest BCUT2D eigenvalue weighted by atomic mass is 10.0. The normalized spacial score (nSPS) is 13.4. The fourth-order valence-corrected chi connectivity index (χ4v) is 4.83. The van der Waals surface area contributed by atoms with Crippen LogP contribution in [0, 0.1) is 11.6 Å². The van der Waals surface area contributed by atoms with Gasteiger partial charge >= 0.3 is 5.97 Å². The van der Waals surface area contributed by atoms with Crippen molar-refractivity contribution in [2.75, 3.05) is 36.8 Å². The first-order valence-electron chi connectivity index (χ1n) is 11.9. The third-order valence-corrected chi connectivity index (χ3v) is 6.76. The molecule has 1 aromatic carbocycles. The first-order valence-corrected chi connectivity index (χ1v) is 11.9. The summed E-state index contributed by atoms with van der Waals surface area (Å²) in [6.45, 7) is 0. The molecule has 0 atom stereocenters. The van der Waals surface area contributed by atoms with E-state index in [0.29, 0.717) is 39.1 Å². The van der Waals surface area contributed by atoms with Crippen molar-refractivity contribution in [3.8, 4) is 11.1 Å². The van der Waals surface area contributed by atoms with E-state index in [2.05, 4.69) is 25.7 Å². The zero-order valence-corrected chi connectivity index (χ0v) is 20.7. The molecule has 194 valence electrons. The summed E-state index contributed by atoms with van der Waals surface area (Å²) >= 11 is 0. The monoisotopic (exact) mass is 519 g/mol. The minimum atomic E-state index is -1.35. The highest BCUT2D eigenvalue weighted by Crippen LogP contribution is 2.42. The van der Waals surface area contributed by atoms with Crippen molar-refractivity contribution in [2.24, 2.45) is 0 Å². The van der Waals surface area contributed by atoms with Gasteiger partial charge in [-0.05, 0) is 18.9 Å². The largest absolute Gasteiger partial charge is 0.477 e. The van der Waals surface area contributed by atoms with Crippen LogP contribution in [0.3, 0.4) is 0 Å². The number of nitrogens with zero attached hydrogens (tertiary/aromatic N) is 4. The Labute approximate surface area is 213 Å². The number of pyridine rings is 3. The number of anilines is 2. The molecule has 0 amide bonds. The van der Waals surface area contributed by atoms with E-state index in [9.17, 15) is 19.1 Å². The van der Waals surface area contributed by atoms with Gasteiger partial charge in [0.05, 0.1) is 33.1 Å². The quantitative estimate of drug-likeness (QED) is 0.266. The van der Waals surface area contributed by atoms with Gasteiger partial charge < -0.3 is 25.7 Å². The number of fused-ring (bicyclic) bond motifs is 4. The summed E-state index contributed by atoms with van der Waals surface area (Å²) < 4.78 is 31.2. The summed E-state index contributed by atoms with van der Waals surface area (Å²) in [6, 6.07) is 2.82. The van der Waals surface area contributed by atoms with Crippen LogP contribution in [-0.2, 0) is 0 Å². The Kier molecular flexibility index (Phi) is 5.23. The van der Waals surface area contributed by atoms with Crippen molar-refractivity contribution >= 4 is 50.3 Å². The third-order valence-electron chi connectivity index (χ3n) is 6.76. The summed E-state index contributed by atoms with van der Waals surface area (Å²) in [4.78, 5) is 38.8. The maximum absolute atomic E-state index is 15.2. The molecular formula is C26H23F2N7O3. The molecule has 4 N–H and O–H groups in total. The lowest BCUT2D eigenvalue weighted by Crippen LogP contribution is -2.25. The molecule has 0 spiro atoms. The molecular weight excluding hydrogens is 496 g/mol. The first-order chi connectivity index (χ1) is 18.2. The Morgan fingerprint density at radius 2 is 1.95 bits per heavy atom. The lowest BCUT2D eigenvalue weighted by Gasteiger charge is -2.20. The standard InChI is InChI=1S/C26H23F2N7O3/c1-29-17-7-16(27)20(28)18-19-22(34(2)3)14(9-30-24(19)32-21(17)18)11-6-13-23(36)15(26(37)38)10-35(25(13)31-8-11)33-12-4-5-12/h6-10,12,29,33H,4-5H2,1-3H3,(H,30,32)(H,37,38). The molecule has 38 heavy (non-hydrogen) atoms. The Bertz CT molecular complexity index is 1860. The van der Waals surface area contributed by atoms with E-state index in [4.69, 9.17) is 0 Å². The van der Waals surface area contributed by atoms with Crippen molar-refractivity contribution in [2.45, 2.75) is 18.9 Å². The minimum Gasteiger partial charge on any atom is -0.477 e. The molecule has 4 aromatic heterocycles. The number of carbonyl (C=O) groups is 1. The third kappa shape index (κ3) is 3.51. The highest BCUT2D eigenvalue weighted by atomic mass is 19.2. The number of carboxylic acids is 1. The summed E-state index contributed by atoms with van der Waals surface area (Å²) in [5.41, 5.74) is 5.00. The molecule has 12 heteroatoms. The maximum Gasteiger partial charge on any atom is 0.341 e. The molecule has 6 rings (SSSR count). The molecule has 0 saturated heterocycles. The average molecular weight is 520 g/mol. The van der Waals surface area contributed by atoms with E-state index in [1.54, 1.807) is 44.5 Å². The Balaban J connectivity index is 1.66. The van der Waals surface area contributed by atoms with Crippen molar-refractivity contribution in [1.82, 2.24) is 19.6 Å². The van der Waals surface area contributed by atoms with E-state index in [-0.39, 0.29) is 28.0 Å². The number of aromatic nitrogens is 4. The number of aromatic amines is 1. The number of hydrogen-bond donors (Lipinski definition) is 4. The van der Waals surface area contributed by atoms with Crippen molar-refractivity contribution in [3.05, 3.63) is 58.1 Å². The van der Waals surface area contributed by atoms with Crippen LogP contribution in [0.5, 0.6) is 0 Å². The van der Waals surface area contributed by atoms with Gasteiger partial charge in [0.15, 0.2) is 17.3 Å². The van der Waals surface area contributed by atoms with E-state index in [0.717, 1.165) is 18.9 Å². The highest BCUT2D eigenvalue weighted by molar-refractivity contribution is 6.18. The molecule has 0 radical (unpaired) electrons. The second-order valence-corrected chi connectivity index (χ2v) is 9.53. The van der Waals surface area contributed by atoms with Crippen LogP contribution in [-0.4, -0.2) is 57.9 Å². The zero-order chi connectivity index (χ0) is 26.9. The van der Waals surface area contributed by atoms with E-state index >= 15 is 4.39 Å². The van der Waals surface area contributed by atoms with Crippen LogP contribution in [0.4, 0.5) is 20.2 Å². The zero-order valence-electron chi connectivity index (χ0n) is 20.7. The average Bonchev–Trinajstić information content (AvgIpc) is 3.63. The van der Waals surface area contributed by atoms with Gasteiger partial charge in [-0.25, -0.2) is 28.2 Å². The number of halogens is 2. The van der Waals surface area contributed by atoms with E-state index in [1.165, 1.54) is 10.9 Å². The Morgan fingerprint density at radius 1 is 1.18 bits per heavy atom. The predicted molar refractivity (Wildman–Crippen MR) is 142 cm³/mol. The maximum atomic E-state index is 15.2. The Hall–Kier alpha value is -4.74. The van der Waals surface area contributed by atoms with Gasteiger partial charge in [0, 0.05) is 63.0 Å². The lowest BCUT2D eigenvalue weighted by molar-refractivity contribution is 0.0695. The molecule has 0 unspecified atom stereocenters. The van der Waals surface area contributed by atoms with Crippen molar-refractivity contribution in [1.29, 1.82) is 0 Å². The van der Waals surface area contributed by atoms with Crippen LogP contribution in [0.15, 0.2) is 35.5 Å². The first kappa shape index (κ1) is 23.6. The smallest absolute Gasteiger partial charge is 0.341 e. The summed E-state index contributed by atoms with van der Waals surface area (Å²) in [5, 5.41) is 13.0. The van der Waals surface area contributed by atoms with Gasteiger partial charge in [0.25, 0.3) is 0 Å². The Morgan fingerprint density at radius 3 is 2.61 bits per heavy atom. The second-order valence-electron chi connectivity index (χ2n) is 9.53. The fourth-order valence-electron chi connectivity index (χ4n) is 4.83. The summed E-state index contributed by atoms with van der Waals surface area (Å²) in [5.74, 6) is -3.36. The van der Waals surface area contributed by atoms with Gasteiger partial charge in [-0.2, -0.15) is 0 Å². The van der Waals surface area contributed by atoms with Crippen LogP contribution >= 0.6 is 0 Å². The molecule has 1 fully saturated rings. The van der Waals surface area contributed by atoms with Crippen molar-refractivity contribution < 1.29 is 18.7 Å². The number of carboxylic acid groups (broad SMARTS) is 1. The highest BCUT2D eigenvalue weighted by Gasteiger charge is 2.26. The molecule has 1 saturated carbocycles. The number of hydrogen-bond acceptors (Lipinski definition) is 7. The molecule has 4 heterocycles. The molecule has 1 aliphatic carbocycles.